The first-order valence-corrected chi connectivity index (χ1v) is 9.61. The Bertz CT molecular complexity index is 916. The van der Waals surface area contributed by atoms with Crippen LogP contribution in [-0.2, 0) is 9.47 Å². The predicted octanol–water partition coefficient (Wildman–Crippen LogP) is 3.11. The summed E-state index contributed by atoms with van der Waals surface area (Å²) in [4.78, 5) is 0. The van der Waals surface area contributed by atoms with Gasteiger partial charge >= 0.3 is 0 Å². The van der Waals surface area contributed by atoms with E-state index in [0.29, 0.717) is 17.2 Å². The zero-order chi connectivity index (χ0) is 20.5. The molecule has 1 fully saturated rings. The van der Waals surface area contributed by atoms with Crippen molar-refractivity contribution in [2.75, 3.05) is 48.6 Å². The standard InChI is InChI=1S/C23H27NO5/c1-25-19-7-13-6-15(14-8-21(27-3)23(29-5)22(9-14)28-4)17-11-24-12-18(17)16(13)10-20(19)26-2/h6-10,17,19,24H,11-12H2,1-5H3. The molecule has 1 aliphatic heterocycles. The van der Waals surface area contributed by atoms with Crippen LogP contribution in [0.3, 0.4) is 0 Å². The summed E-state index contributed by atoms with van der Waals surface area (Å²) in [7, 11) is 8.28. The van der Waals surface area contributed by atoms with Crippen LogP contribution in [0.15, 0.2) is 52.8 Å². The Morgan fingerprint density at radius 1 is 0.897 bits per heavy atom. The van der Waals surface area contributed by atoms with Crippen molar-refractivity contribution < 1.29 is 23.7 Å². The van der Waals surface area contributed by atoms with Gasteiger partial charge in [0.25, 0.3) is 0 Å². The zero-order valence-corrected chi connectivity index (χ0v) is 17.5. The van der Waals surface area contributed by atoms with Crippen molar-refractivity contribution in [1.82, 2.24) is 5.32 Å². The van der Waals surface area contributed by atoms with Gasteiger partial charge in [0, 0.05) is 26.1 Å². The van der Waals surface area contributed by atoms with Crippen molar-refractivity contribution in [3.05, 3.63) is 58.4 Å². The lowest BCUT2D eigenvalue weighted by Crippen LogP contribution is -2.21. The normalized spacial score (nSPS) is 22.9. The molecule has 154 valence electrons. The second-order valence-electron chi connectivity index (χ2n) is 7.17. The zero-order valence-electron chi connectivity index (χ0n) is 17.5. The summed E-state index contributed by atoms with van der Waals surface area (Å²) >= 11 is 0. The van der Waals surface area contributed by atoms with Crippen LogP contribution in [0.1, 0.15) is 5.56 Å². The average molecular weight is 397 g/mol. The number of benzene rings is 1. The monoisotopic (exact) mass is 397 g/mol. The molecule has 1 saturated heterocycles. The molecule has 0 radical (unpaired) electrons. The van der Waals surface area contributed by atoms with Crippen molar-refractivity contribution in [1.29, 1.82) is 0 Å². The average Bonchev–Trinajstić information content (AvgIpc) is 3.26. The van der Waals surface area contributed by atoms with Gasteiger partial charge in [-0.3, -0.25) is 0 Å². The molecule has 1 heterocycles. The van der Waals surface area contributed by atoms with Gasteiger partial charge < -0.3 is 29.0 Å². The largest absolute Gasteiger partial charge is 0.498 e. The third kappa shape index (κ3) is 3.22. The summed E-state index contributed by atoms with van der Waals surface area (Å²) in [5.41, 5.74) is 6.02. The quantitative estimate of drug-likeness (QED) is 0.796. The van der Waals surface area contributed by atoms with Gasteiger partial charge in [-0.25, -0.2) is 0 Å². The molecule has 0 bridgehead atoms. The van der Waals surface area contributed by atoms with Crippen molar-refractivity contribution in [3.8, 4) is 17.2 Å². The number of fused-ring (bicyclic) bond motifs is 2. The highest BCUT2D eigenvalue weighted by molar-refractivity contribution is 5.82. The summed E-state index contributed by atoms with van der Waals surface area (Å²) in [6, 6.07) is 4.03. The van der Waals surface area contributed by atoms with E-state index in [4.69, 9.17) is 23.7 Å². The fraction of sp³-hybridized carbons (Fsp3) is 0.391. The van der Waals surface area contributed by atoms with Crippen LogP contribution in [0.4, 0.5) is 0 Å². The van der Waals surface area contributed by atoms with Gasteiger partial charge in [-0.15, -0.1) is 0 Å². The Morgan fingerprint density at radius 3 is 2.21 bits per heavy atom. The number of ether oxygens (including phenoxy) is 5. The van der Waals surface area contributed by atoms with Gasteiger partial charge in [0.15, 0.2) is 11.5 Å². The molecule has 2 unspecified atom stereocenters. The molecule has 0 amide bonds. The number of methoxy groups -OCH3 is 5. The molecule has 1 aromatic rings. The van der Waals surface area contributed by atoms with Crippen molar-refractivity contribution in [3.63, 3.8) is 0 Å². The van der Waals surface area contributed by atoms with Gasteiger partial charge in [0.05, 0.1) is 28.4 Å². The lowest BCUT2D eigenvalue weighted by Gasteiger charge is -2.30. The van der Waals surface area contributed by atoms with E-state index in [1.54, 1.807) is 35.5 Å². The summed E-state index contributed by atoms with van der Waals surface area (Å²) in [5.74, 6) is 3.01. The van der Waals surface area contributed by atoms with Crippen LogP contribution < -0.4 is 19.5 Å². The van der Waals surface area contributed by atoms with Gasteiger partial charge in [0.2, 0.25) is 5.75 Å². The molecule has 0 aromatic heterocycles. The van der Waals surface area contributed by atoms with Crippen LogP contribution in [0, 0.1) is 5.92 Å². The Labute approximate surface area is 171 Å². The highest BCUT2D eigenvalue weighted by Crippen LogP contribution is 2.47. The molecule has 29 heavy (non-hydrogen) atoms. The van der Waals surface area contributed by atoms with Gasteiger partial charge in [-0.2, -0.15) is 0 Å². The minimum atomic E-state index is -0.192. The SMILES string of the molecule is COC1=CC2=C3CNCC3C(c3cc(OC)c(OC)c(OC)c3)=CC2=CC1OC. The first-order chi connectivity index (χ1) is 14.1. The maximum Gasteiger partial charge on any atom is 0.203 e. The van der Waals surface area contributed by atoms with E-state index < -0.39 is 0 Å². The number of hydrogen-bond acceptors (Lipinski definition) is 6. The van der Waals surface area contributed by atoms with E-state index in [-0.39, 0.29) is 12.0 Å². The van der Waals surface area contributed by atoms with E-state index in [1.165, 1.54) is 16.7 Å². The number of rotatable bonds is 6. The second-order valence-corrected chi connectivity index (χ2v) is 7.17. The van der Waals surface area contributed by atoms with Crippen LogP contribution in [-0.4, -0.2) is 54.7 Å². The van der Waals surface area contributed by atoms with E-state index in [1.807, 2.05) is 12.1 Å². The van der Waals surface area contributed by atoms with Crippen molar-refractivity contribution >= 4 is 5.57 Å². The van der Waals surface area contributed by atoms with Crippen LogP contribution in [0.2, 0.25) is 0 Å². The van der Waals surface area contributed by atoms with E-state index >= 15 is 0 Å². The smallest absolute Gasteiger partial charge is 0.203 e. The molecule has 0 saturated carbocycles. The second kappa shape index (κ2) is 7.97. The first kappa shape index (κ1) is 19.6. The van der Waals surface area contributed by atoms with Crippen LogP contribution >= 0.6 is 0 Å². The molecule has 1 aromatic carbocycles. The molecule has 4 rings (SSSR count). The Morgan fingerprint density at radius 2 is 1.62 bits per heavy atom. The van der Waals surface area contributed by atoms with Gasteiger partial charge in [0.1, 0.15) is 11.9 Å². The molecule has 1 N–H and O–H groups in total. The Hall–Kier alpha value is -2.70. The molecule has 0 spiro atoms. The Kier molecular flexibility index (Phi) is 5.39. The molecule has 6 heteroatoms. The van der Waals surface area contributed by atoms with Crippen LogP contribution in [0.5, 0.6) is 17.2 Å². The topological polar surface area (TPSA) is 58.2 Å². The van der Waals surface area contributed by atoms with Crippen molar-refractivity contribution in [2.45, 2.75) is 6.10 Å². The summed E-state index contributed by atoms with van der Waals surface area (Å²) in [6.45, 7) is 1.74. The highest BCUT2D eigenvalue weighted by atomic mass is 16.5. The lowest BCUT2D eigenvalue weighted by atomic mass is 9.76. The minimum absolute atomic E-state index is 0.192. The lowest BCUT2D eigenvalue weighted by molar-refractivity contribution is 0.109. The van der Waals surface area contributed by atoms with Gasteiger partial charge in [-0.05, 0) is 52.1 Å². The molecular formula is C23H27NO5. The molecule has 2 aliphatic carbocycles. The number of nitrogens with one attached hydrogen (secondary N) is 1. The number of allylic oxidation sites excluding steroid dienone is 4. The molecule has 3 aliphatic rings. The maximum atomic E-state index is 5.61. The summed E-state index contributed by atoms with van der Waals surface area (Å²) < 4.78 is 27.8. The van der Waals surface area contributed by atoms with Crippen molar-refractivity contribution in [2.24, 2.45) is 5.92 Å². The van der Waals surface area contributed by atoms with Crippen LogP contribution in [0.25, 0.3) is 5.57 Å². The molecule has 2 atom stereocenters. The van der Waals surface area contributed by atoms with E-state index in [9.17, 15) is 0 Å². The van der Waals surface area contributed by atoms with E-state index in [2.05, 4.69) is 23.5 Å². The Balaban J connectivity index is 1.85. The molecule has 6 nitrogen and oxygen atoms in total. The third-order valence-electron chi connectivity index (χ3n) is 5.81. The highest BCUT2D eigenvalue weighted by Gasteiger charge is 2.35. The number of hydrogen-bond donors (Lipinski definition) is 1. The predicted molar refractivity (Wildman–Crippen MR) is 111 cm³/mol. The minimum Gasteiger partial charge on any atom is -0.498 e. The summed E-state index contributed by atoms with van der Waals surface area (Å²) in [6.07, 6.45) is 6.28. The first-order valence-electron chi connectivity index (χ1n) is 9.61. The fourth-order valence-corrected chi connectivity index (χ4v) is 4.38. The maximum absolute atomic E-state index is 5.61. The molecular weight excluding hydrogens is 370 g/mol. The summed E-state index contributed by atoms with van der Waals surface area (Å²) in [5, 5.41) is 3.52. The fourth-order valence-electron chi connectivity index (χ4n) is 4.38. The van der Waals surface area contributed by atoms with Gasteiger partial charge in [-0.1, -0.05) is 6.08 Å². The third-order valence-corrected chi connectivity index (χ3v) is 5.81. The van der Waals surface area contributed by atoms with E-state index in [0.717, 1.165) is 30.0 Å².